The van der Waals surface area contributed by atoms with Crippen LogP contribution in [0.15, 0.2) is 142 Å². The van der Waals surface area contributed by atoms with Gasteiger partial charge in [-0.2, -0.15) is 0 Å². The second-order valence-corrected chi connectivity index (χ2v) is 12.0. The highest BCUT2D eigenvalue weighted by Crippen LogP contribution is 2.36. The van der Waals surface area contributed by atoms with Gasteiger partial charge in [0.15, 0.2) is 14.7 Å². The van der Waals surface area contributed by atoms with Crippen molar-refractivity contribution >= 4 is 33.6 Å². The van der Waals surface area contributed by atoms with Crippen LogP contribution in [-0.2, 0) is 35.7 Å². The van der Waals surface area contributed by atoms with E-state index in [4.69, 9.17) is 14.2 Å². The van der Waals surface area contributed by atoms with E-state index in [2.05, 4.69) is 24.3 Å². The maximum atomic E-state index is 12.9. The number of esters is 2. The molecule has 1 saturated heterocycles. The molecule has 0 bridgehead atoms. The molecule has 2 unspecified atom stereocenters. The number of benzene rings is 5. The largest absolute Gasteiger partial charge is 0.429 e. The summed E-state index contributed by atoms with van der Waals surface area (Å²) in [6, 6.07) is 42.1. The molecule has 0 radical (unpaired) electrons. The molecule has 6 heteroatoms. The van der Waals surface area contributed by atoms with Gasteiger partial charge < -0.3 is 14.2 Å². The molecule has 0 N–H and O–H groups in total. The molecule has 0 saturated carbocycles. The molecule has 41 heavy (non-hydrogen) atoms. The number of carbonyl (C=O) groups is 2. The van der Waals surface area contributed by atoms with Crippen molar-refractivity contribution in [3.63, 3.8) is 0 Å². The quantitative estimate of drug-likeness (QED) is 0.117. The zero-order chi connectivity index (χ0) is 28.2. The van der Waals surface area contributed by atoms with Crippen molar-refractivity contribution in [1.82, 2.24) is 0 Å². The summed E-state index contributed by atoms with van der Waals surface area (Å²) in [6.07, 6.45) is -0.756. The van der Waals surface area contributed by atoms with Crippen molar-refractivity contribution in [2.45, 2.75) is 46.3 Å². The standard InChI is InChI=1S/C35H29O5S/c1-35(27-17-16-25-10-8-9-11-26(25)22-27)39-29(24-34(37)40-35)23-33(36)38-28-18-20-32(21-19-28)41(30-12-4-2-5-13-30)31-14-6-3-7-15-31/h2-22,29H,23-24H2,1H3/q+1. The lowest BCUT2D eigenvalue weighted by Gasteiger charge is -2.37. The summed E-state index contributed by atoms with van der Waals surface area (Å²) in [5.41, 5.74) is 0.713. The van der Waals surface area contributed by atoms with Gasteiger partial charge in [0.2, 0.25) is 5.79 Å². The Morgan fingerprint density at radius 3 is 2.02 bits per heavy atom. The molecule has 0 spiro atoms. The Balaban J connectivity index is 1.15. The Kier molecular flexibility index (Phi) is 7.59. The van der Waals surface area contributed by atoms with Crippen molar-refractivity contribution in [1.29, 1.82) is 0 Å². The van der Waals surface area contributed by atoms with Gasteiger partial charge in [-0.1, -0.05) is 72.8 Å². The highest BCUT2D eigenvalue weighted by molar-refractivity contribution is 7.97. The third kappa shape index (κ3) is 6.04. The lowest BCUT2D eigenvalue weighted by atomic mass is 10.00. The Morgan fingerprint density at radius 1 is 0.780 bits per heavy atom. The first-order valence-electron chi connectivity index (χ1n) is 13.5. The van der Waals surface area contributed by atoms with Crippen molar-refractivity contribution in [2.24, 2.45) is 0 Å². The first kappa shape index (κ1) is 26.8. The van der Waals surface area contributed by atoms with Crippen LogP contribution in [0, 0.1) is 0 Å². The van der Waals surface area contributed by atoms with Crippen LogP contribution in [0.5, 0.6) is 5.75 Å². The molecule has 1 aliphatic rings. The number of fused-ring (bicyclic) bond motifs is 1. The lowest BCUT2D eigenvalue weighted by Crippen LogP contribution is -2.43. The zero-order valence-corrected chi connectivity index (χ0v) is 23.4. The molecule has 1 aliphatic heterocycles. The SMILES string of the molecule is CC1(c2ccc3ccccc3c2)OC(=O)CC(CC(=O)Oc2ccc([S+](c3ccccc3)c3ccccc3)cc2)O1. The van der Waals surface area contributed by atoms with E-state index in [1.807, 2.05) is 103 Å². The fourth-order valence-electron chi connectivity index (χ4n) is 5.07. The molecule has 0 amide bonds. The minimum Gasteiger partial charge on any atom is -0.429 e. The van der Waals surface area contributed by atoms with Gasteiger partial charge in [-0.3, -0.25) is 9.59 Å². The molecule has 5 nitrogen and oxygen atoms in total. The predicted molar refractivity (Wildman–Crippen MR) is 159 cm³/mol. The molecule has 5 aromatic carbocycles. The van der Waals surface area contributed by atoms with Crippen LogP contribution < -0.4 is 4.74 Å². The van der Waals surface area contributed by atoms with E-state index in [1.165, 1.54) is 9.79 Å². The van der Waals surface area contributed by atoms with E-state index in [-0.39, 0.29) is 23.7 Å². The minimum absolute atomic E-state index is 0.0197. The van der Waals surface area contributed by atoms with E-state index < -0.39 is 23.8 Å². The van der Waals surface area contributed by atoms with E-state index in [1.54, 1.807) is 6.92 Å². The van der Waals surface area contributed by atoms with Crippen LogP contribution in [0.1, 0.15) is 25.3 Å². The van der Waals surface area contributed by atoms with Crippen molar-refractivity contribution < 1.29 is 23.8 Å². The normalized spacial score (nSPS) is 18.7. The van der Waals surface area contributed by atoms with E-state index in [0.717, 1.165) is 15.7 Å². The third-order valence-electron chi connectivity index (χ3n) is 7.01. The van der Waals surface area contributed by atoms with Crippen molar-refractivity contribution in [3.05, 3.63) is 133 Å². The highest BCUT2D eigenvalue weighted by atomic mass is 32.2. The summed E-state index contributed by atoms with van der Waals surface area (Å²) >= 11 is 0. The molecule has 0 aromatic heterocycles. The summed E-state index contributed by atoms with van der Waals surface area (Å²) < 4.78 is 17.5. The third-order valence-corrected chi connectivity index (χ3v) is 9.24. The van der Waals surface area contributed by atoms with Crippen LogP contribution in [-0.4, -0.2) is 18.0 Å². The monoisotopic (exact) mass is 561 g/mol. The molecule has 1 fully saturated rings. The fourth-order valence-corrected chi connectivity index (χ4v) is 7.15. The van der Waals surface area contributed by atoms with Gasteiger partial charge >= 0.3 is 11.9 Å². The molecule has 5 aromatic rings. The van der Waals surface area contributed by atoms with Crippen molar-refractivity contribution in [2.75, 3.05) is 0 Å². The van der Waals surface area contributed by atoms with Gasteiger partial charge in [0.1, 0.15) is 5.75 Å². The molecular weight excluding hydrogens is 532 g/mol. The number of hydrogen-bond donors (Lipinski definition) is 0. The smallest absolute Gasteiger partial charge is 0.313 e. The predicted octanol–water partition coefficient (Wildman–Crippen LogP) is 7.44. The van der Waals surface area contributed by atoms with Crippen LogP contribution in [0.2, 0.25) is 0 Å². The average molecular weight is 562 g/mol. The molecule has 0 aliphatic carbocycles. The van der Waals surface area contributed by atoms with Gasteiger partial charge in [-0.05, 0) is 65.4 Å². The van der Waals surface area contributed by atoms with Crippen molar-refractivity contribution in [3.8, 4) is 5.75 Å². The Hall–Kier alpha value is -4.39. The molecule has 6 rings (SSSR count). The summed E-state index contributed by atoms with van der Waals surface area (Å²) in [6.45, 7) is 1.71. The molecule has 2 atom stereocenters. The van der Waals surface area contributed by atoms with Crippen LogP contribution in [0.3, 0.4) is 0 Å². The molecule has 1 heterocycles. The summed E-state index contributed by atoms with van der Waals surface area (Å²) in [5, 5.41) is 2.09. The van der Waals surface area contributed by atoms with Gasteiger partial charge in [-0.25, -0.2) is 0 Å². The van der Waals surface area contributed by atoms with Gasteiger partial charge in [0.05, 0.1) is 29.8 Å². The lowest BCUT2D eigenvalue weighted by molar-refractivity contribution is -0.273. The number of rotatable bonds is 7. The number of carbonyl (C=O) groups excluding carboxylic acids is 2. The number of cyclic esters (lactones) is 1. The van der Waals surface area contributed by atoms with E-state index in [9.17, 15) is 9.59 Å². The van der Waals surface area contributed by atoms with Gasteiger partial charge in [0.25, 0.3) is 0 Å². The zero-order valence-electron chi connectivity index (χ0n) is 22.6. The number of ether oxygens (including phenoxy) is 3. The maximum Gasteiger partial charge on any atom is 0.313 e. The number of hydrogen-bond acceptors (Lipinski definition) is 5. The maximum absolute atomic E-state index is 12.9. The minimum atomic E-state index is -1.29. The Morgan fingerprint density at radius 2 is 1.37 bits per heavy atom. The molecule has 204 valence electrons. The first-order chi connectivity index (χ1) is 20.0. The van der Waals surface area contributed by atoms with Crippen LogP contribution in [0.25, 0.3) is 10.8 Å². The second-order valence-electron chi connectivity index (χ2n) is 10.0. The average Bonchev–Trinajstić information content (AvgIpc) is 2.98. The first-order valence-corrected chi connectivity index (χ1v) is 14.7. The highest BCUT2D eigenvalue weighted by Gasteiger charge is 2.41. The summed E-state index contributed by atoms with van der Waals surface area (Å²) in [4.78, 5) is 29.0. The van der Waals surface area contributed by atoms with Crippen LogP contribution >= 0.6 is 0 Å². The Labute approximate surface area is 242 Å². The second kappa shape index (κ2) is 11.6. The van der Waals surface area contributed by atoms with Crippen LogP contribution in [0.4, 0.5) is 0 Å². The van der Waals surface area contributed by atoms with E-state index in [0.29, 0.717) is 11.3 Å². The fraction of sp³-hybridized carbons (Fsp3) is 0.143. The summed E-state index contributed by atoms with van der Waals surface area (Å²) in [5.74, 6) is -1.73. The topological polar surface area (TPSA) is 61.8 Å². The van der Waals surface area contributed by atoms with E-state index >= 15 is 0 Å². The summed E-state index contributed by atoms with van der Waals surface area (Å²) in [7, 11) is -0.293. The molecular formula is C35H29O5S+. The Bertz CT molecular complexity index is 1630. The van der Waals surface area contributed by atoms with Gasteiger partial charge in [-0.15, -0.1) is 0 Å². The van der Waals surface area contributed by atoms with Gasteiger partial charge in [0, 0.05) is 12.5 Å².